The number of rotatable bonds is 4. The zero-order chi connectivity index (χ0) is 10.6. The van der Waals surface area contributed by atoms with E-state index in [9.17, 15) is 9.36 Å². The number of nitrogens with two attached hydrogens (primary N) is 1. The molecule has 0 amide bonds. The minimum absolute atomic E-state index is 0.112. The molecule has 0 rings (SSSR count). The van der Waals surface area contributed by atoms with Gasteiger partial charge in [0.05, 0.1) is 6.10 Å². The van der Waals surface area contributed by atoms with Crippen molar-refractivity contribution in [2.24, 2.45) is 5.73 Å². The van der Waals surface area contributed by atoms with E-state index in [-0.39, 0.29) is 6.42 Å². The smallest absolute Gasteiger partial charge is 0.393 e. The highest BCUT2D eigenvalue weighted by molar-refractivity contribution is 7.46. The molecule has 0 aromatic carbocycles. The molecule has 0 saturated carbocycles. The highest BCUT2D eigenvalue weighted by Crippen LogP contribution is 2.36. The lowest BCUT2D eigenvalue weighted by Crippen LogP contribution is -2.34. The van der Waals surface area contributed by atoms with Crippen molar-refractivity contribution in [3.63, 3.8) is 0 Å². The van der Waals surface area contributed by atoms with Crippen molar-refractivity contribution in [1.82, 2.24) is 0 Å². The Balaban J connectivity index is 4.05. The van der Waals surface area contributed by atoms with Gasteiger partial charge in [-0.05, 0) is 13.3 Å². The highest BCUT2D eigenvalue weighted by atomic mass is 31.2. The van der Waals surface area contributed by atoms with Gasteiger partial charge in [0.15, 0.2) is 0 Å². The molecule has 5 N–H and O–H groups in total. The van der Waals surface area contributed by atoms with Crippen LogP contribution in [0.5, 0.6) is 0 Å². The number of carbonyl (C=O) groups excluding carboxylic acids is 1. The summed E-state index contributed by atoms with van der Waals surface area (Å²) in [6.07, 6.45) is -0.946. The lowest BCUT2D eigenvalue weighted by atomic mass is 10.1. The molecular weight excluding hydrogens is 201 g/mol. The van der Waals surface area contributed by atoms with Crippen LogP contribution < -0.4 is 5.73 Å². The molecule has 0 aromatic heterocycles. The van der Waals surface area contributed by atoms with E-state index in [0.29, 0.717) is 0 Å². The first-order valence-corrected chi connectivity index (χ1v) is 4.98. The maximum atomic E-state index is 10.7. The maximum absolute atomic E-state index is 10.7. The Morgan fingerprint density at radius 3 is 2.38 bits per heavy atom. The van der Waals surface area contributed by atoms with Crippen LogP contribution in [-0.4, -0.2) is 33.0 Å². The van der Waals surface area contributed by atoms with Gasteiger partial charge in [-0.2, -0.15) is 0 Å². The molecule has 0 spiro atoms. The zero-order valence-electron chi connectivity index (χ0n) is 6.95. The van der Waals surface area contributed by atoms with Crippen molar-refractivity contribution < 1.29 is 28.8 Å². The summed E-state index contributed by atoms with van der Waals surface area (Å²) < 4.78 is 13.9. The molecule has 0 aromatic rings. The second-order valence-corrected chi connectivity index (χ2v) is 3.76. The Labute approximate surface area is 74.7 Å². The minimum atomic E-state index is -4.83. The van der Waals surface area contributed by atoms with Gasteiger partial charge in [0, 0.05) is 0 Å². The van der Waals surface area contributed by atoms with Gasteiger partial charge in [0.2, 0.25) is 0 Å². The number of phosphoric ester groups is 1. The summed E-state index contributed by atoms with van der Waals surface area (Å²) in [7, 11) is -4.83. The van der Waals surface area contributed by atoms with Gasteiger partial charge in [-0.25, -0.2) is 9.36 Å². The SMILES string of the molecule is CC(O)C[C@H](N)C(=O)OP(=O)(O)O. The van der Waals surface area contributed by atoms with E-state index < -0.39 is 25.9 Å². The number of hydrogen-bond acceptors (Lipinski definition) is 5. The first-order valence-electron chi connectivity index (χ1n) is 3.45. The quantitative estimate of drug-likeness (QED) is 0.428. The van der Waals surface area contributed by atoms with Gasteiger partial charge in [-0.1, -0.05) is 0 Å². The molecular formula is C5H12NO6P. The summed E-state index contributed by atoms with van der Waals surface area (Å²) in [5.74, 6) is -1.23. The van der Waals surface area contributed by atoms with Gasteiger partial charge < -0.3 is 15.4 Å². The number of aliphatic hydroxyl groups excluding tert-OH is 1. The van der Waals surface area contributed by atoms with Gasteiger partial charge in [0.25, 0.3) is 0 Å². The third-order valence-electron chi connectivity index (χ3n) is 1.11. The van der Waals surface area contributed by atoms with Crippen molar-refractivity contribution in [2.45, 2.75) is 25.5 Å². The first-order chi connectivity index (χ1) is 5.72. The predicted molar refractivity (Wildman–Crippen MR) is 42.4 cm³/mol. The van der Waals surface area contributed by atoms with Crippen LogP contribution in [0, 0.1) is 0 Å². The molecule has 78 valence electrons. The number of phosphoric acid groups is 1. The highest BCUT2D eigenvalue weighted by Gasteiger charge is 2.25. The fourth-order valence-corrected chi connectivity index (χ4v) is 1.02. The molecule has 0 aliphatic rings. The number of carbonyl (C=O) groups is 1. The third kappa shape index (κ3) is 6.68. The van der Waals surface area contributed by atoms with Gasteiger partial charge in [-0.15, -0.1) is 0 Å². The van der Waals surface area contributed by atoms with Crippen LogP contribution in [0.1, 0.15) is 13.3 Å². The Morgan fingerprint density at radius 2 is 2.08 bits per heavy atom. The fraction of sp³-hybridized carbons (Fsp3) is 0.800. The van der Waals surface area contributed by atoms with E-state index in [1.807, 2.05) is 0 Å². The third-order valence-corrected chi connectivity index (χ3v) is 1.52. The van der Waals surface area contributed by atoms with Crippen LogP contribution >= 0.6 is 7.82 Å². The van der Waals surface area contributed by atoms with Crippen molar-refractivity contribution in [3.05, 3.63) is 0 Å². The van der Waals surface area contributed by atoms with E-state index >= 15 is 0 Å². The molecule has 0 saturated heterocycles. The van der Waals surface area contributed by atoms with E-state index in [0.717, 1.165) is 0 Å². The number of hydrogen-bond donors (Lipinski definition) is 4. The van der Waals surface area contributed by atoms with Crippen molar-refractivity contribution >= 4 is 13.8 Å². The zero-order valence-corrected chi connectivity index (χ0v) is 7.85. The summed E-state index contributed by atoms with van der Waals surface area (Å²) in [5.41, 5.74) is 5.15. The molecule has 7 nitrogen and oxygen atoms in total. The summed E-state index contributed by atoms with van der Waals surface area (Å²) in [6.45, 7) is 1.39. The average Bonchev–Trinajstić information content (AvgIpc) is 1.81. The van der Waals surface area contributed by atoms with Crippen LogP contribution in [0.25, 0.3) is 0 Å². The van der Waals surface area contributed by atoms with E-state index in [4.69, 9.17) is 20.6 Å². The van der Waals surface area contributed by atoms with E-state index in [1.54, 1.807) is 0 Å². The van der Waals surface area contributed by atoms with Crippen molar-refractivity contribution in [2.75, 3.05) is 0 Å². The fourth-order valence-electron chi connectivity index (χ4n) is 0.649. The predicted octanol–water partition coefficient (Wildman–Crippen LogP) is -1.28. The molecule has 0 radical (unpaired) electrons. The Morgan fingerprint density at radius 1 is 1.62 bits per heavy atom. The van der Waals surface area contributed by atoms with Gasteiger partial charge in [0.1, 0.15) is 6.04 Å². The molecule has 0 aliphatic carbocycles. The van der Waals surface area contributed by atoms with Gasteiger partial charge >= 0.3 is 13.8 Å². The van der Waals surface area contributed by atoms with Crippen LogP contribution in [0.3, 0.4) is 0 Å². The Bertz CT molecular complexity index is 223. The molecule has 13 heavy (non-hydrogen) atoms. The first kappa shape index (κ1) is 12.5. The standard InChI is InChI=1S/C5H12NO6P/c1-3(7)2-4(6)5(8)12-13(9,10)11/h3-4,7H,2,6H2,1H3,(H2,9,10,11)/t3?,4-/m0/s1. The molecule has 0 fully saturated rings. The lowest BCUT2D eigenvalue weighted by Gasteiger charge is -2.12. The topological polar surface area (TPSA) is 130 Å². The van der Waals surface area contributed by atoms with E-state index in [2.05, 4.69) is 4.52 Å². The molecule has 0 heterocycles. The molecule has 2 atom stereocenters. The Kier molecular flexibility index (Phi) is 4.52. The average molecular weight is 213 g/mol. The summed E-state index contributed by atoms with van der Waals surface area (Å²) in [5, 5.41) is 8.79. The molecule has 8 heteroatoms. The normalized spacial score (nSPS) is 16.4. The summed E-state index contributed by atoms with van der Waals surface area (Å²) in [6, 6.07) is -1.23. The van der Waals surface area contributed by atoms with Crippen LogP contribution in [-0.2, 0) is 13.9 Å². The second-order valence-electron chi connectivity index (χ2n) is 2.59. The van der Waals surface area contributed by atoms with E-state index in [1.165, 1.54) is 6.92 Å². The van der Waals surface area contributed by atoms with Crippen molar-refractivity contribution in [1.29, 1.82) is 0 Å². The van der Waals surface area contributed by atoms with Crippen LogP contribution in [0.15, 0.2) is 0 Å². The van der Waals surface area contributed by atoms with Crippen LogP contribution in [0.4, 0.5) is 0 Å². The minimum Gasteiger partial charge on any atom is -0.393 e. The molecule has 0 aliphatic heterocycles. The molecule has 0 bridgehead atoms. The van der Waals surface area contributed by atoms with Crippen LogP contribution in [0.2, 0.25) is 0 Å². The Hall–Kier alpha value is -0.460. The van der Waals surface area contributed by atoms with Crippen molar-refractivity contribution in [3.8, 4) is 0 Å². The number of aliphatic hydroxyl groups is 1. The monoisotopic (exact) mass is 213 g/mol. The lowest BCUT2D eigenvalue weighted by molar-refractivity contribution is -0.137. The summed E-state index contributed by atoms with van der Waals surface area (Å²) in [4.78, 5) is 27.2. The van der Waals surface area contributed by atoms with Gasteiger partial charge in [-0.3, -0.25) is 9.79 Å². The largest absolute Gasteiger partial charge is 0.527 e. The molecule has 1 unspecified atom stereocenters. The maximum Gasteiger partial charge on any atom is 0.527 e. The second kappa shape index (κ2) is 4.69. The summed E-state index contributed by atoms with van der Waals surface area (Å²) >= 11 is 0.